The molecule has 1 aliphatic heterocycles. The first-order chi connectivity index (χ1) is 13.2. The summed E-state index contributed by atoms with van der Waals surface area (Å²) in [6.07, 6.45) is -3.13. The van der Waals surface area contributed by atoms with Gasteiger partial charge in [-0.2, -0.15) is 13.2 Å². The zero-order valence-corrected chi connectivity index (χ0v) is 14.5. The van der Waals surface area contributed by atoms with Gasteiger partial charge in [0.15, 0.2) is 17.3 Å². The first kappa shape index (κ1) is 19.1. The molecule has 28 heavy (non-hydrogen) atoms. The van der Waals surface area contributed by atoms with E-state index in [4.69, 9.17) is 20.6 Å². The van der Waals surface area contributed by atoms with Gasteiger partial charge in [-0.3, -0.25) is 10.7 Å². The molecule has 1 heterocycles. The van der Waals surface area contributed by atoms with Crippen molar-refractivity contribution in [2.75, 3.05) is 12.8 Å². The van der Waals surface area contributed by atoms with Gasteiger partial charge in [0.2, 0.25) is 0 Å². The molecule has 2 amide bonds. The predicted octanol–water partition coefficient (Wildman–Crippen LogP) is 3.72. The van der Waals surface area contributed by atoms with E-state index >= 15 is 0 Å². The zero-order valence-electron chi connectivity index (χ0n) is 14.5. The van der Waals surface area contributed by atoms with E-state index in [0.717, 1.165) is 12.1 Å². The molecule has 0 atom stereocenters. The molecule has 146 valence electrons. The number of urea groups is 1. The maximum Gasteiger partial charge on any atom is 0.420 e. The van der Waals surface area contributed by atoms with Crippen LogP contribution >= 0.6 is 0 Å². The van der Waals surface area contributed by atoms with Gasteiger partial charge in [-0.1, -0.05) is 6.07 Å². The van der Waals surface area contributed by atoms with Crippen LogP contribution in [-0.4, -0.2) is 19.0 Å². The van der Waals surface area contributed by atoms with Crippen LogP contribution in [0, 0.1) is 5.41 Å². The molecule has 0 bridgehead atoms. The molecule has 1 aliphatic rings. The van der Waals surface area contributed by atoms with Gasteiger partial charge < -0.3 is 20.5 Å². The maximum absolute atomic E-state index is 13.2. The van der Waals surface area contributed by atoms with Crippen molar-refractivity contribution in [1.82, 2.24) is 10.6 Å². The summed E-state index contributed by atoms with van der Waals surface area (Å²) in [7, 11) is 1.34. The van der Waals surface area contributed by atoms with Crippen molar-refractivity contribution in [3.05, 3.63) is 53.2 Å². The van der Waals surface area contributed by atoms with E-state index in [1.165, 1.54) is 31.4 Å². The number of amides is 2. The summed E-state index contributed by atoms with van der Waals surface area (Å²) in [5.74, 6) is -0.284. The fourth-order valence-electron chi connectivity index (χ4n) is 2.51. The lowest BCUT2D eigenvalue weighted by molar-refractivity contribution is -0.138. The van der Waals surface area contributed by atoms with Gasteiger partial charge in [0, 0.05) is 5.69 Å². The number of rotatable bonds is 4. The molecule has 2 aromatic carbocycles. The number of benzene rings is 2. The number of methoxy groups -OCH3 is 1. The number of nitrogen functional groups attached to an aromatic ring is 1. The first-order valence-electron chi connectivity index (χ1n) is 7.88. The number of carbonyl (C=O) groups is 1. The molecule has 7 nitrogen and oxygen atoms in total. The topological polar surface area (TPSA) is 109 Å². The van der Waals surface area contributed by atoms with Gasteiger partial charge in [-0.15, -0.1) is 0 Å². The summed E-state index contributed by atoms with van der Waals surface area (Å²) in [6.45, 7) is 0. The number of hydrogen-bond donors (Lipinski definition) is 4. The summed E-state index contributed by atoms with van der Waals surface area (Å²) in [5, 5.41) is 12.4. The molecule has 0 aliphatic carbocycles. The number of nitrogens with two attached hydrogens (primary N) is 1. The molecule has 5 N–H and O–H groups in total. The van der Waals surface area contributed by atoms with E-state index < -0.39 is 23.5 Å². The van der Waals surface area contributed by atoms with Crippen LogP contribution in [0.25, 0.3) is 6.08 Å². The summed E-state index contributed by atoms with van der Waals surface area (Å²) < 4.78 is 50.3. The monoisotopic (exact) mass is 392 g/mol. The lowest BCUT2D eigenvalue weighted by Gasteiger charge is -2.16. The summed E-state index contributed by atoms with van der Waals surface area (Å²) in [5.41, 5.74) is 5.20. The van der Waals surface area contributed by atoms with Crippen molar-refractivity contribution >= 4 is 23.6 Å². The van der Waals surface area contributed by atoms with E-state index in [-0.39, 0.29) is 28.7 Å². The molecule has 3 rings (SSSR count). The fourth-order valence-corrected chi connectivity index (χ4v) is 2.51. The Morgan fingerprint density at radius 2 is 1.79 bits per heavy atom. The highest BCUT2D eigenvalue weighted by Crippen LogP contribution is 2.41. The second-order valence-electron chi connectivity index (χ2n) is 5.78. The van der Waals surface area contributed by atoms with Gasteiger partial charge in [0.05, 0.1) is 12.8 Å². The van der Waals surface area contributed by atoms with Crippen LogP contribution in [0.2, 0.25) is 0 Å². The number of alkyl halides is 3. The molecule has 0 radical (unpaired) electrons. The van der Waals surface area contributed by atoms with Gasteiger partial charge in [0.1, 0.15) is 11.3 Å². The normalized spacial score (nSPS) is 15.4. The van der Waals surface area contributed by atoms with E-state index in [2.05, 4.69) is 10.6 Å². The van der Waals surface area contributed by atoms with Crippen LogP contribution < -0.4 is 25.8 Å². The molecular weight excluding hydrogens is 377 g/mol. The van der Waals surface area contributed by atoms with Gasteiger partial charge >= 0.3 is 12.2 Å². The van der Waals surface area contributed by atoms with E-state index in [1.54, 1.807) is 6.07 Å². The molecular formula is C18H15F3N4O3. The Balaban J connectivity index is 1.94. The quantitative estimate of drug-likeness (QED) is 0.595. The van der Waals surface area contributed by atoms with Crippen LogP contribution in [-0.2, 0) is 6.18 Å². The van der Waals surface area contributed by atoms with Crippen molar-refractivity contribution in [2.45, 2.75) is 6.18 Å². The summed E-state index contributed by atoms with van der Waals surface area (Å²) in [6, 6.07) is 7.19. The lowest BCUT2D eigenvalue weighted by Crippen LogP contribution is -2.21. The van der Waals surface area contributed by atoms with E-state index in [9.17, 15) is 18.0 Å². The molecule has 0 saturated carbocycles. The minimum atomic E-state index is -4.64. The third-order valence-corrected chi connectivity index (χ3v) is 3.78. The third kappa shape index (κ3) is 4.00. The Morgan fingerprint density at radius 3 is 2.39 bits per heavy atom. The Labute approximate surface area is 157 Å². The molecule has 0 aromatic heterocycles. The highest BCUT2D eigenvalue weighted by molar-refractivity contribution is 6.15. The number of nitrogens with one attached hydrogen (secondary N) is 3. The van der Waals surface area contributed by atoms with Crippen molar-refractivity contribution in [2.24, 2.45) is 0 Å². The van der Waals surface area contributed by atoms with Crippen molar-refractivity contribution in [3.63, 3.8) is 0 Å². The molecule has 0 spiro atoms. The van der Waals surface area contributed by atoms with Gasteiger partial charge in [-0.05, 0) is 42.0 Å². The van der Waals surface area contributed by atoms with Crippen LogP contribution in [0.4, 0.5) is 23.7 Å². The smallest absolute Gasteiger partial charge is 0.420 e. The van der Waals surface area contributed by atoms with Crippen LogP contribution in [0.3, 0.4) is 0 Å². The number of halogens is 3. The maximum atomic E-state index is 13.2. The number of carbonyl (C=O) groups excluding carboxylic acids is 1. The van der Waals surface area contributed by atoms with E-state index in [0.29, 0.717) is 5.56 Å². The second kappa shape index (κ2) is 7.14. The Hall–Kier alpha value is -3.69. The zero-order chi connectivity index (χ0) is 20.5. The molecule has 0 unspecified atom stereocenters. The Kier molecular flexibility index (Phi) is 4.87. The highest BCUT2D eigenvalue weighted by Gasteiger charge is 2.35. The first-order valence-corrected chi connectivity index (χ1v) is 7.88. The standard InChI is InChI=1S/C18H15F3N4O3/c1-27-15-7-9(6-12-16(23)25-17(26)24-12)2-4-14(15)28-13-5-3-10(22)8-11(13)18(19,20)21/h2-8H,22H2,1H3,(H3,23,24,25,26)/b12-6-. The third-order valence-electron chi connectivity index (χ3n) is 3.78. The molecule has 1 saturated heterocycles. The largest absolute Gasteiger partial charge is 0.493 e. The summed E-state index contributed by atoms with van der Waals surface area (Å²) in [4.78, 5) is 11.2. The average Bonchev–Trinajstić information content (AvgIpc) is 2.93. The fraction of sp³-hybridized carbons (Fsp3) is 0.111. The Morgan fingerprint density at radius 1 is 1.07 bits per heavy atom. The van der Waals surface area contributed by atoms with Crippen molar-refractivity contribution in [3.8, 4) is 17.2 Å². The van der Waals surface area contributed by atoms with E-state index in [1.807, 2.05) is 0 Å². The number of amidine groups is 1. The summed E-state index contributed by atoms with van der Waals surface area (Å²) >= 11 is 0. The van der Waals surface area contributed by atoms with Gasteiger partial charge in [-0.25, -0.2) is 4.79 Å². The SMILES string of the molecule is COc1cc(/C=C2\NC(=O)NC2=N)ccc1Oc1ccc(N)cc1C(F)(F)F. The minimum absolute atomic E-state index is 0.0386. The average molecular weight is 392 g/mol. The number of anilines is 1. The molecule has 2 aromatic rings. The highest BCUT2D eigenvalue weighted by atomic mass is 19.4. The number of ether oxygens (including phenoxy) is 2. The van der Waals surface area contributed by atoms with Crippen LogP contribution in [0.15, 0.2) is 42.1 Å². The Bertz CT molecular complexity index is 987. The van der Waals surface area contributed by atoms with Crippen LogP contribution in [0.5, 0.6) is 17.2 Å². The van der Waals surface area contributed by atoms with Crippen LogP contribution in [0.1, 0.15) is 11.1 Å². The molecule has 1 fully saturated rings. The minimum Gasteiger partial charge on any atom is -0.493 e. The predicted molar refractivity (Wildman–Crippen MR) is 96.3 cm³/mol. The van der Waals surface area contributed by atoms with Gasteiger partial charge in [0.25, 0.3) is 0 Å². The lowest BCUT2D eigenvalue weighted by atomic mass is 10.1. The van der Waals surface area contributed by atoms with Crippen molar-refractivity contribution < 1.29 is 27.4 Å². The second-order valence-corrected chi connectivity index (χ2v) is 5.78. The van der Waals surface area contributed by atoms with Crippen molar-refractivity contribution in [1.29, 1.82) is 5.41 Å². The molecule has 10 heteroatoms. The number of hydrogen-bond acceptors (Lipinski definition) is 5.